The average Bonchev–Trinajstić information content (AvgIpc) is 2.68. The molecule has 1 unspecified atom stereocenters. The molecule has 1 aromatic heterocycles. The molecule has 0 spiro atoms. The predicted molar refractivity (Wildman–Crippen MR) is 101 cm³/mol. The molecule has 2 heterocycles. The van der Waals surface area contributed by atoms with Gasteiger partial charge in [0.05, 0.1) is 34.8 Å². The first-order valence-electron chi connectivity index (χ1n) is 8.95. The number of ether oxygens (including phenoxy) is 1. The minimum absolute atomic E-state index is 0.0404. The monoisotopic (exact) mass is 419 g/mol. The summed E-state index contributed by atoms with van der Waals surface area (Å²) < 4.78 is 48.5. The minimum atomic E-state index is -4.29. The number of fused-ring (bicyclic) bond motifs is 2. The molecular weight excluding hydrogens is 403 g/mol. The van der Waals surface area contributed by atoms with Crippen molar-refractivity contribution in [2.24, 2.45) is 7.05 Å². The fraction of sp³-hybridized carbons (Fsp3) is 0.250. The summed E-state index contributed by atoms with van der Waals surface area (Å²) in [4.78, 5) is 30.0. The van der Waals surface area contributed by atoms with Crippen molar-refractivity contribution in [1.82, 2.24) is 9.55 Å². The van der Waals surface area contributed by atoms with E-state index in [0.29, 0.717) is 15.8 Å². The van der Waals surface area contributed by atoms with E-state index >= 15 is 0 Å². The molecule has 0 bridgehead atoms. The van der Waals surface area contributed by atoms with Gasteiger partial charge in [-0.15, -0.1) is 0 Å². The van der Waals surface area contributed by atoms with Gasteiger partial charge in [-0.25, -0.2) is 9.37 Å². The minimum Gasteiger partial charge on any atom is -0.422 e. The van der Waals surface area contributed by atoms with Crippen molar-refractivity contribution in [2.75, 3.05) is 4.90 Å². The lowest BCUT2D eigenvalue weighted by Crippen LogP contribution is -2.51. The third-order valence-corrected chi connectivity index (χ3v) is 4.93. The lowest BCUT2D eigenvalue weighted by Gasteiger charge is -2.35. The highest BCUT2D eigenvalue weighted by Gasteiger charge is 2.52. The molecule has 3 aromatic rings. The quantitative estimate of drug-likeness (QED) is 0.706. The maximum Gasteiger partial charge on any atom is 0.483 e. The van der Waals surface area contributed by atoms with Gasteiger partial charge < -0.3 is 9.84 Å². The second kappa shape index (κ2) is 6.84. The van der Waals surface area contributed by atoms with Crippen molar-refractivity contribution >= 4 is 22.5 Å². The van der Waals surface area contributed by atoms with Crippen LogP contribution in [0.2, 0.25) is 0 Å². The van der Waals surface area contributed by atoms with Crippen molar-refractivity contribution in [3.8, 4) is 5.75 Å². The van der Waals surface area contributed by atoms with E-state index in [4.69, 9.17) is 0 Å². The maximum absolute atomic E-state index is 14.3. The maximum atomic E-state index is 14.3. The summed E-state index contributed by atoms with van der Waals surface area (Å²) in [5.41, 5.74) is -0.727. The van der Waals surface area contributed by atoms with Gasteiger partial charge in [0.15, 0.2) is 5.75 Å². The molecule has 156 valence electrons. The van der Waals surface area contributed by atoms with Crippen molar-refractivity contribution in [3.63, 3.8) is 0 Å². The molecule has 0 aliphatic carbocycles. The molecule has 4 rings (SSSR count). The van der Waals surface area contributed by atoms with Gasteiger partial charge in [0, 0.05) is 7.05 Å². The number of nitrogens with zero attached hydrogens (tertiary/aromatic N) is 3. The number of para-hydroxylation sites is 1. The molecule has 1 atom stereocenters. The summed E-state index contributed by atoms with van der Waals surface area (Å²) in [6.45, 7) is 0.696. The Balaban J connectivity index is 1.89. The van der Waals surface area contributed by atoms with E-state index in [9.17, 15) is 27.9 Å². The largest absolute Gasteiger partial charge is 0.483 e. The molecule has 0 saturated carbocycles. The number of halogens is 3. The molecule has 30 heavy (non-hydrogen) atoms. The summed E-state index contributed by atoms with van der Waals surface area (Å²) in [5.74, 6) is -3.25. The molecule has 1 N–H and O–H groups in total. The molecule has 1 amide bonds. The van der Waals surface area contributed by atoms with Crippen LogP contribution < -0.4 is 15.2 Å². The molecule has 2 aromatic carbocycles. The standard InChI is InChI=1S/C20H16F3N3O4/c1-10(27)16-12(21)7-8-14-17(16)30-20(22,23)19(29)26(14)9-15-24-13-6-4-3-5-11(13)18(28)25(15)2/h3-8,10,27H,9H2,1-2H3. The van der Waals surface area contributed by atoms with Gasteiger partial charge in [0.2, 0.25) is 0 Å². The molecule has 0 radical (unpaired) electrons. The number of aliphatic hydroxyl groups excluding tert-OH is 1. The Kier molecular flexibility index (Phi) is 4.53. The topological polar surface area (TPSA) is 84.7 Å². The number of carbonyl (C=O) groups excluding carboxylic acids is 1. The molecule has 0 fully saturated rings. The molecule has 1 aliphatic rings. The number of carbonyl (C=O) groups is 1. The van der Waals surface area contributed by atoms with Crippen LogP contribution >= 0.6 is 0 Å². The van der Waals surface area contributed by atoms with Gasteiger partial charge in [-0.2, -0.15) is 8.78 Å². The van der Waals surface area contributed by atoms with Crippen LogP contribution in [-0.4, -0.2) is 26.7 Å². The summed E-state index contributed by atoms with van der Waals surface area (Å²) in [7, 11) is 1.41. The van der Waals surface area contributed by atoms with Gasteiger partial charge in [-0.3, -0.25) is 19.1 Å². The van der Waals surface area contributed by atoms with E-state index in [1.807, 2.05) is 0 Å². The van der Waals surface area contributed by atoms with Crippen molar-refractivity contribution in [1.29, 1.82) is 0 Å². The highest BCUT2D eigenvalue weighted by atomic mass is 19.3. The molecule has 1 aliphatic heterocycles. The summed E-state index contributed by atoms with van der Waals surface area (Å²) in [6.07, 6.45) is -5.76. The molecule has 10 heteroatoms. The summed E-state index contributed by atoms with van der Waals surface area (Å²) in [5, 5.41) is 10.2. The normalized spacial score (nSPS) is 16.3. The zero-order valence-electron chi connectivity index (χ0n) is 15.9. The van der Waals surface area contributed by atoms with Gasteiger partial charge in [-0.05, 0) is 31.2 Å². The van der Waals surface area contributed by atoms with E-state index < -0.39 is 47.4 Å². The number of hydrogen-bond donors (Lipinski definition) is 1. The Morgan fingerprint density at radius 3 is 2.60 bits per heavy atom. The van der Waals surface area contributed by atoms with Crippen LogP contribution in [0.3, 0.4) is 0 Å². The Morgan fingerprint density at radius 1 is 1.20 bits per heavy atom. The summed E-state index contributed by atoms with van der Waals surface area (Å²) in [6, 6.07) is 8.54. The van der Waals surface area contributed by atoms with Crippen LogP contribution in [0.15, 0.2) is 41.2 Å². The number of alkyl halides is 2. The first kappa shape index (κ1) is 19.9. The van der Waals surface area contributed by atoms with Gasteiger partial charge >= 0.3 is 12.0 Å². The second-order valence-electron chi connectivity index (χ2n) is 6.90. The highest BCUT2D eigenvalue weighted by Crippen LogP contribution is 2.45. The first-order chi connectivity index (χ1) is 14.1. The van der Waals surface area contributed by atoms with Gasteiger partial charge in [-0.1, -0.05) is 12.1 Å². The van der Waals surface area contributed by atoms with Crippen molar-refractivity contribution in [2.45, 2.75) is 25.7 Å². The third kappa shape index (κ3) is 3.00. The van der Waals surface area contributed by atoms with Crippen LogP contribution in [0.5, 0.6) is 5.75 Å². The lowest BCUT2D eigenvalue weighted by molar-refractivity contribution is -0.193. The Morgan fingerprint density at radius 2 is 1.90 bits per heavy atom. The smallest absolute Gasteiger partial charge is 0.422 e. The SMILES string of the molecule is CC(O)c1c(F)ccc2c1OC(F)(F)C(=O)N2Cc1nc2ccccc2c(=O)n1C. The predicted octanol–water partition coefficient (Wildman–Crippen LogP) is 2.64. The van der Waals surface area contributed by atoms with E-state index in [1.54, 1.807) is 24.3 Å². The molecular formula is C20H16F3N3O4. The average molecular weight is 419 g/mol. The van der Waals surface area contributed by atoms with Crippen molar-refractivity contribution in [3.05, 3.63) is 64.0 Å². The second-order valence-corrected chi connectivity index (χ2v) is 6.90. The zero-order valence-corrected chi connectivity index (χ0v) is 15.9. The fourth-order valence-electron chi connectivity index (χ4n) is 3.42. The van der Waals surface area contributed by atoms with E-state index in [0.717, 1.165) is 16.7 Å². The number of rotatable bonds is 3. The van der Waals surface area contributed by atoms with Gasteiger partial charge in [0.25, 0.3) is 5.56 Å². The molecule has 7 nitrogen and oxygen atoms in total. The Bertz CT molecular complexity index is 1240. The van der Waals surface area contributed by atoms with E-state index in [1.165, 1.54) is 14.0 Å². The Labute approximate surface area is 167 Å². The van der Waals surface area contributed by atoms with Crippen LogP contribution in [0.25, 0.3) is 10.9 Å². The summed E-state index contributed by atoms with van der Waals surface area (Å²) >= 11 is 0. The van der Waals surface area contributed by atoms with E-state index in [-0.39, 0.29) is 11.5 Å². The number of aromatic nitrogens is 2. The fourth-order valence-corrected chi connectivity index (χ4v) is 3.42. The first-order valence-corrected chi connectivity index (χ1v) is 8.95. The highest BCUT2D eigenvalue weighted by molar-refractivity contribution is 6.01. The zero-order chi connectivity index (χ0) is 21.8. The van der Waals surface area contributed by atoms with E-state index in [2.05, 4.69) is 9.72 Å². The van der Waals surface area contributed by atoms with Crippen LogP contribution in [-0.2, 0) is 18.4 Å². The lowest BCUT2D eigenvalue weighted by atomic mass is 10.0. The molecule has 0 saturated heterocycles. The third-order valence-electron chi connectivity index (χ3n) is 4.93. The number of aliphatic hydroxyl groups is 1. The van der Waals surface area contributed by atoms with Crippen molar-refractivity contribution < 1.29 is 27.8 Å². The van der Waals surface area contributed by atoms with Crippen LogP contribution in [0, 0.1) is 5.82 Å². The van der Waals surface area contributed by atoms with Gasteiger partial charge in [0.1, 0.15) is 11.6 Å². The Hall–Kier alpha value is -3.40. The number of amides is 1. The van der Waals surface area contributed by atoms with Crippen LogP contribution in [0.4, 0.5) is 18.9 Å². The van der Waals surface area contributed by atoms with Crippen LogP contribution in [0.1, 0.15) is 24.4 Å². The number of benzene rings is 2. The number of anilines is 1. The number of hydrogen-bond acceptors (Lipinski definition) is 5.